The molecule has 0 saturated carbocycles. The molecule has 1 atom stereocenters. The van der Waals surface area contributed by atoms with Crippen molar-refractivity contribution in [3.05, 3.63) is 102 Å². The Kier molecular flexibility index (Phi) is 6.05. The fourth-order valence-corrected chi connectivity index (χ4v) is 3.53. The minimum atomic E-state index is -0.445. The molecule has 0 fully saturated rings. The number of rotatable bonds is 6. The molecule has 3 aromatic rings. The van der Waals surface area contributed by atoms with E-state index >= 15 is 0 Å². The molecular formula is C24H22N4O3. The highest BCUT2D eigenvalue weighted by Crippen LogP contribution is 2.38. The van der Waals surface area contributed by atoms with Gasteiger partial charge in [-0.1, -0.05) is 66.7 Å². The zero-order valence-electron chi connectivity index (χ0n) is 16.8. The molecule has 4 rings (SSSR count). The van der Waals surface area contributed by atoms with Crippen LogP contribution in [0.25, 0.3) is 0 Å². The summed E-state index contributed by atoms with van der Waals surface area (Å²) in [5, 5.41) is 6.19. The van der Waals surface area contributed by atoms with Crippen LogP contribution in [-0.2, 0) is 4.79 Å². The zero-order valence-corrected chi connectivity index (χ0v) is 16.8. The number of ether oxygens (including phenoxy) is 1. The second kappa shape index (κ2) is 9.23. The van der Waals surface area contributed by atoms with Crippen molar-refractivity contribution in [3.8, 4) is 5.75 Å². The average molecular weight is 414 g/mol. The average Bonchev–Trinajstić information content (AvgIpc) is 3.28. The number of amides is 2. The first kappa shape index (κ1) is 20.3. The van der Waals surface area contributed by atoms with Crippen molar-refractivity contribution in [2.24, 2.45) is 10.9 Å². The van der Waals surface area contributed by atoms with Gasteiger partial charge in [-0.25, -0.2) is 10.9 Å². The Hall–Kier alpha value is -3.97. The van der Waals surface area contributed by atoms with E-state index in [9.17, 15) is 9.59 Å². The molecule has 0 radical (unpaired) electrons. The van der Waals surface area contributed by atoms with Crippen molar-refractivity contribution in [1.29, 1.82) is 0 Å². The van der Waals surface area contributed by atoms with Gasteiger partial charge in [0.2, 0.25) is 0 Å². The van der Waals surface area contributed by atoms with Crippen LogP contribution in [0.2, 0.25) is 0 Å². The number of nitrogens with two attached hydrogens (primary N) is 1. The maximum absolute atomic E-state index is 13.3. The number of hydrazine groups is 1. The van der Waals surface area contributed by atoms with Crippen molar-refractivity contribution >= 4 is 17.5 Å². The molecule has 3 aromatic carbocycles. The standard InChI is InChI=1S/C24H22N4O3/c25-26-23(29)16-31-22-14-8-7-13-19(22)21-15-20(17-9-3-1-4-10-17)27-28(21)24(30)18-11-5-2-6-12-18/h1-14,21H,15-16,25H2,(H,26,29)/t21-/m1/s1. The van der Waals surface area contributed by atoms with Gasteiger partial charge < -0.3 is 4.74 Å². The predicted molar refractivity (Wildman–Crippen MR) is 117 cm³/mol. The first-order valence-corrected chi connectivity index (χ1v) is 9.90. The van der Waals surface area contributed by atoms with Crippen LogP contribution in [0.1, 0.15) is 33.9 Å². The monoisotopic (exact) mass is 414 g/mol. The van der Waals surface area contributed by atoms with E-state index < -0.39 is 5.91 Å². The molecule has 156 valence electrons. The third kappa shape index (κ3) is 4.46. The fraction of sp³-hybridized carbons (Fsp3) is 0.125. The number of hydrazone groups is 1. The van der Waals surface area contributed by atoms with Gasteiger partial charge in [-0.3, -0.25) is 15.0 Å². The molecule has 0 spiro atoms. The van der Waals surface area contributed by atoms with Gasteiger partial charge in [0, 0.05) is 17.5 Å². The minimum absolute atomic E-state index is 0.203. The number of para-hydroxylation sites is 1. The highest BCUT2D eigenvalue weighted by Gasteiger charge is 2.35. The molecule has 1 aliphatic heterocycles. The van der Waals surface area contributed by atoms with E-state index in [2.05, 4.69) is 5.43 Å². The van der Waals surface area contributed by atoms with E-state index in [4.69, 9.17) is 15.7 Å². The molecule has 0 aliphatic carbocycles. The number of carbonyl (C=O) groups excluding carboxylic acids is 2. The molecule has 0 unspecified atom stereocenters. The predicted octanol–water partition coefficient (Wildman–Crippen LogP) is 3.05. The quantitative estimate of drug-likeness (QED) is 0.368. The molecule has 7 nitrogen and oxygen atoms in total. The second-order valence-corrected chi connectivity index (χ2v) is 7.04. The van der Waals surface area contributed by atoms with Gasteiger partial charge in [0.25, 0.3) is 11.8 Å². The maximum Gasteiger partial charge on any atom is 0.274 e. The molecule has 0 aromatic heterocycles. The van der Waals surface area contributed by atoms with E-state index in [1.165, 1.54) is 5.01 Å². The van der Waals surface area contributed by atoms with Crippen molar-refractivity contribution < 1.29 is 14.3 Å². The normalized spacial score (nSPS) is 15.3. The van der Waals surface area contributed by atoms with Crippen LogP contribution in [0.3, 0.4) is 0 Å². The fourth-order valence-electron chi connectivity index (χ4n) is 3.53. The van der Waals surface area contributed by atoms with Crippen molar-refractivity contribution in [3.63, 3.8) is 0 Å². The topological polar surface area (TPSA) is 97.0 Å². The highest BCUT2D eigenvalue weighted by molar-refractivity contribution is 6.05. The Morgan fingerprint density at radius 3 is 2.32 bits per heavy atom. The number of carbonyl (C=O) groups is 2. The van der Waals surface area contributed by atoms with E-state index in [0.717, 1.165) is 16.8 Å². The highest BCUT2D eigenvalue weighted by atomic mass is 16.5. The van der Waals surface area contributed by atoms with Crippen LogP contribution in [0, 0.1) is 0 Å². The lowest BCUT2D eigenvalue weighted by Crippen LogP contribution is -2.34. The first-order valence-electron chi connectivity index (χ1n) is 9.90. The lowest BCUT2D eigenvalue weighted by atomic mass is 9.97. The molecule has 0 bridgehead atoms. The van der Waals surface area contributed by atoms with Crippen molar-refractivity contribution in [1.82, 2.24) is 10.4 Å². The maximum atomic E-state index is 13.3. The summed E-state index contributed by atoms with van der Waals surface area (Å²) in [6.45, 7) is -0.223. The molecule has 2 amide bonds. The van der Waals surface area contributed by atoms with Gasteiger partial charge >= 0.3 is 0 Å². The summed E-state index contributed by atoms with van der Waals surface area (Å²) >= 11 is 0. The van der Waals surface area contributed by atoms with Gasteiger partial charge in [0.1, 0.15) is 5.75 Å². The van der Waals surface area contributed by atoms with Gasteiger partial charge in [0.05, 0.1) is 11.8 Å². The van der Waals surface area contributed by atoms with Gasteiger partial charge in [-0.15, -0.1) is 0 Å². The zero-order chi connectivity index (χ0) is 21.6. The summed E-state index contributed by atoms with van der Waals surface area (Å²) in [7, 11) is 0. The Bertz CT molecular complexity index is 1100. The molecule has 3 N–H and O–H groups in total. The number of benzene rings is 3. The summed E-state index contributed by atoms with van der Waals surface area (Å²) in [5.41, 5.74) is 5.13. The van der Waals surface area contributed by atoms with Gasteiger partial charge in [-0.2, -0.15) is 5.10 Å². The second-order valence-electron chi connectivity index (χ2n) is 7.04. The largest absolute Gasteiger partial charge is 0.483 e. The Labute approximate surface area is 180 Å². The van der Waals surface area contributed by atoms with Crippen molar-refractivity contribution in [2.45, 2.75) is 12.5 Å². The third-order valence-electron chi connectivity index (χ3n) is 5.04. The smallest absolute Gasteiger partial charge is 0.274 e. The number of nitrogens with one attached hydrogen (secondary N) is 1. The number of hydrogen-bond donors (Lipinski definition) is 2. The molecular weight excluding hydrogens is 392 g/mol. The van der Waals surface area contributed by atoms with E-state index in [-0.39, 0.29) is 18.6 Å². The van der Waals surface area contributed by atoms with Crippen LogP contribution in [0.5, 0.6) is 5.75 Å². The van der Waals surface area contributed by atoms with Crippen LogP contribution < -0.4 is 16.0 Å². The van der Waals surface area contributed by atoms with Crippen molar-refractivity contribution in [2.75, 3.05) is 6.61 Å². The van der Waals surface area contributed by atoms with Crippen LogP contribution in [0.15, 0.2) is 90.0 Å². The molecule has 1 heterocycles. The van der Waals surface area contributed by atoms with Gasteiger partial charge in [-0.05, 0) is 23.8 Å². The Morgan fingerprint density at radius 1 is 0.968 bits per heavy atom. The molecule has 0 saturated heterocycles. The lowest BCUT2D eigenvalue weighted by molar-refractivity contribution is -0.123. The third-order valence-corrected chi connectivity index (χ3v) is 5.04. The Morgan fingerprint density at radius 2 is 1.61 bits per heavy atom. The van der Waals surface area contributed by atoms with Gasteiger partial charge in [0.15, 0.2) is 6.61 Å². The van der Waals surface area contributed by atoms with Crippen LogP contribution in [0.4, 0.5) is 0 Å². The first-order chi connectivity index (χ1) is 15.2. The summed E-state index contributed by atoms with van der Waals surface area (Å²) in [6.07, 6.45) is 0.520. The SMILES string of the molecule is NNC(=O)COc1ccccc1[C@H]1CC(c2ccccc2)=NN1C(=O)c1ccccc1. The molecule has 7 heteroatoms. The lowest BCUT2D eigenvalue weighted by Gasteiger charge is -2.24. The summed E-state index contributed by atoms with van der Waals surface area (Å²) in [6, 6.07) is 25.8. The van der Waals surface area contributed by atoms with E-state index in [0.29, 0.717) is 17.7 Å². The van der Waals surface area contributed by atoms with E-state index in [1.807, 2.05) is 66.7 Å². The van der Waals surface area contributed by atoms with E-state index in [1.54, 1.807) is 18.2 Å². The number of nitrogens with zero attached hydrogens (tertiary/aromatic N) is 2. The molecule has 31 heavy (non-hydrogen) atoms. The molecule has 1 aliphatic rings. The summed E-state index contributed by atoms with van der Waals surface area (Å²) in [4.78, 5) is 24.9. The van der Waals surface area contributed by atoms with Crippen LogP contribution >= 0.6 is 0 Å². The summed E-state index contributed by atoms with van der Waals surface area (Å²) < 4.78 is 5.70. The Balaban J connectivity index is 1.71. The number of hydrogen-bond acceptors (Lipinski definition) is 5. The minimum Gasteiger partial charge on any atom is -0.483 e. The van der Waals surface area contributed by atoms with Crippen LogP contribution in [-0.4, -0.2) is 29.1 Å². The summed E-state index contributed by atoms with van der Waals surface area (Å²) in [5.74, 6) is 5.01.